The zero-order chi connectivity index (χ0) is 16.5. The summed E-state index contributed by atoms with van der Waals surface area (Å²) in [7, 11) is 1.61. The van der Waals surface area contributed by atoms with E-state index >= 15 is 0 Å². The van der Waals surface area contributed by atoms with Crippen molar-refractivity contribution in [3.8, 4) is 11.8 Å². The third-order valence-electron chi connectivity index (χ3n) is 3.10. The molecule has 1 aromatic rings. The van der Waals surface area contributed by atoms with Crippen molar-refractivity contribution in [2.24, 2.45) is 5.92 Å². The van der Waals surface area contributed by atoms with Crippen LogP contribution in [0.25, 0.3) is 0 Å². The highest BCUT2D eigenvalue weighted by atomic mass is 16.5. The van der Waals surface area contributed by atoms with Gasteiger partial charge in [0.15, 0.2) is 0 Å². The minimum atomic E-state index is -0.387. The lowest BCUT2D eigenvalue weighted by molar-refractivity contribution is -0.117. The molecule has 1 unspecified atom stereocenters. The first-order chi connectivity index (χ1) is 10.5. The van der Waals surface area contributed by atoms with Gasteiger partial charge in [-0.2, -0.15) is 5.26 Å². The summed E-state index contributed by atoms with van der Waals surface area (Å²) in [4.78, 5) is 12.1. The monoisotopic (exact) mass is 301 g/mol. The van der Waals surface area contributed by atoms with Gasteiger partial charge >= 0.3 is 0 Å². The summed E-state index contributed by atoms with van der Waals surface area (Å²) >= 11 is 0. The molecule has 0 spiro atoms. The summed E-state index contributed by atoms with van der Waals surface area (Å²) < 4.78 is 5.10. The van der Waals surface area contributed by atoms with Crippen LogP contribution < -0.4 is 15.4 Å². The summed E-state index contributed by atoms with van der Waals surface area (Å²) in [6.45, 7) is 6.69. The van der Waals surface area contributed by atoms with Crippen molar-refractivity contribution < 1.29 is 9.53 Å². The molecule has 1 aromatic carbocycles. The maximum Gasteiger partial charge on any atom is 0.263 e. The lowest BCUT2D eigenvalue weighted by Crippen LogP contribution is -2.28. The number of carbonyl (C=O) groups is 1. The Hall–Kier alpha value is -2.48. The van der Waals surface area contributed by atoms with Gasteiger partial charge in [0.2, 0.25) is 0 Å². The van der Waals surface area contributed by atoms with Crippen LogP contribution in [0.4, 0.5) is 0 Å². The molecule has 5 heteroatoms. The molecular weight excluding hydrogens is 278 g/mol. The Kier molecular flexibility index (Phi) is 6.97. The molecular formula is C17H23N3O2. The molecule has 0 aliphatic heterocycles. The summed E-state index contributed by atoms with van der Waals surface area (Å²) in [5.41, 5.74) is 1.02. The molecule has 5 nitrogen and oxygen atoms in total. The Labute approximate surface area is 132 Å². The fourth-order valence-corrected chi connectivity index (χ4v) is 1.80. The van der Waals surface area contributed by atoms with E-state index in [4.69, 9.17) is 10.00 Å². The number of nitrogens with one attached hydrogen (secondary N) is 2. The van der Waals surface area contributed by atoms with E-state index in [1.54, 1.807) is 7.11 Å². The third kappa shape index (κ3) is 5.49. The highest BCUT2D eigenvalue weighted by Gasteiger charge is 2.13. The van der Waals surface area contributed by atoms with Gasteiger partial charge in [-0.3, -0.25) is 4.79 Å². The van der Waals surface area contributed by atoms with Crippen LogP contribution in [-0.4, -0.2) is 19.6 Å². The van der Waals surface area contributed by atoms with Gasteiger partial charge in [-0.1, -0.05) is 26.0 Å². The highest BCUT2D eigenvalue weighted by molar-refractivity contribution is 5.97. The SMILES string of the molecule is COc1ccc(C(C)NC(=O)/C(C#N)=C\NCC(C)C)cc1. The molecule has 0 radical (unpaired) electrons. The van der Waals surface area contributed by atoms with Crippen LogP contribution in [0.3, 0.4) is 0 Å². The van der Waals surface area contributed by atoms with Crippen LogP contribution >= 0.6 is 0 Å². The van der Waals surface area contributed by atoms with Gasteiger partial charge in [0.1, 0.15) is 17.4 Å². The highest BCUT2D eigenvalue weighted by Crippen LogP contribution is 2.17. The predicted octanol–water partition coefficient (Wildman–Crippen LogP) is 2.53. The van der Waals surface area contributed by atoms with Crippen LogP contribution in [0.2, 0.25) is 0 Å². The number of amides is 1. The van der Waals surface area contributed by atoms with E-state index in [9.17, 15) is 4.79 Å². The standard InChI is InChI=1S/C17H23N3O2/c1-12(2)10-19-11-15(9-18)17(21)20-13(3)14-5-7-16(22-4)8-6-14/h5-8,11-13,19H,10H2,1-4H3,(H,20,21)/b15-11-. The molecule has 0 saturated carbocycles. The molecule has 0 bridgehead atoms. The number of ether oxygens (including phenoxy) is 1. The number of nitrogens with zero attached hydrogens (tertiary/aromatic N) is 1. The average Bonchev–Trinajstić information content (AvgIpc) is 2.51. The van der Waals surface area contributed by atoms with Gasteiger partial charge in [-0.15, -0.1) is 0 Å². The van der Waals surface area contributed by atoms with E-state index < -0.39 is 0 Å². The van der Waals surface area contributed by atoms with Crippen molar-refractivity contribution in [3.63, 3.8) is 0 Å². The van der Waals surface area contributed by atoms with Crippen LogP contribution in [0.1, 0.15) is 32.4 Å². The molecule has 0 aliphatic rings. The smallest absolute Gasteiger partial charge is 0.263 e. The van der Waals surface area contributed by atoms with Gasteiger partial charge in [0.05, 0.1) is 13.2 Å². The zero-order valence-corrected chi connectivity index (χ0v) is 13.5. The maximum atomic E-state index is 12.1. The minimum absolute atomic E-state index is 0.0704. The first kappa shape index (κ1) is 17.6. The van der Waals surface area contributed by atoms with Crippen molar-refractivity contribution in [2.45, 2.75) is 26.8 Å². The normalized spacial score (nSPS) is 12.5. The van der Waals surface area contributed by atoms with Crippen LogP contribution in [0.15, 0.2) is 36.0 Å². The topological polar surface area (TPSA) is 74.1 Å². The molecule has 0 aliphatic carbocycles. The third-order valence-corrected chi connectivity index (χ3v) is 3.10. The number of rotatable bonds is 7. The second kappa shape index (κ2) is 8.73. The van der Waals surface area contributed by atoms with Crippen molar-refractivity contribution >= 4 is 5.91 Å². The molecule has 1 rings (SSSR count). The van der Waals surface area contributed by atoms with Gasteiger partial charge < -0.3 is 15.4 Å². The average molecular weight is 301 g/mol. The van der Waals surface area contributed by atoms with E-state index in [1.165, 1.54) is 6.20 Å². The number of methoxy groups -OCH3 is 1. The maximum absolute atomic E-state index is 12.1. The molecule has 1 atom stereocenters. The fourth-order valence-electron chi connectivity index (χ4n) is 1.80. The van der Waals surface area contributed by atoms with Crippen molar-refractivity contribution in [3.05, 3.63) is 41.6 Å². The largest absolute Gasteiger partial charge is 0.497 e. The first-order valence-corrected chi connectivity index (χ1v) is 7.26. The number of benzene rings is 1. The van der Waals surface area contributed by atoms with Crippen molar-refractivity contribution in [2.75, 3.05) is 13.7 Å². The predicted molar refractivity (Wildman–Crippen MR) is 86.1 cm³/mol. The Balaban J connectivity index is 2.66. The Morgan fingerprint density at radius 2 is 1.95 bits per heavy atom. The zero-order valence-electron chi connectivity index (χ0n) is 13.5. The molecule has 0 fully saturated rings. The molecule has 0 saturated heterocycles. The van der Waals surface area contributed by atoms with E-state index in [1.807, 2.05) is 37.3 Å². The van der Waals surface area contributed by atoms with Crippen molar-refractivity contribution in [1.29, 1.82) is 5.26 Å². The summed E-state index contributed by atoms with van der Waals surface area (Å²) in [6, 6.07) is 9.17. The van der Waals surface area contributed by atoms with E-state index in [0.29, 0.717) is 12.5 Å². The Morgan fingerprint density at radius 3 is 2.45 bits per heavy atom. The second-order valence-corrected chi connectivity index (χ2v) is 5.44. The molecule has 1 amide bonds. The van der Waals surface area contributed by atoms with Gasteiger partial charge in [-0.05, 0) is 30.5 Å². The van der Waals surface area contributed by atoms with Crippen LogP contribution in [0, 0.1) is 17.2 Å². The molecule has 0 heterocycles. The molecule has 0 aromatic heterocycles. The molecule has 2 N–H and O–H groups in total. The van der Waals surface area contributed by atoms with Gasteiger partial charge in [0, 0.05) is 12.7 Å². The Bertz CT molecular complexity index is 556. The first-order valence-electron chi connectivity index (χ1n) is 7.26. The number of nitriles is 1. The number of carbonyl (C=O) groups excluding carboxylic acids is 1. The van der Waals surface area contributed by atoms with Crippen LogP contribution in [0.5, 0.6) is 5.75 Å². The Morgan fingerprint density at radius 1 is 1.32 bits per heavy atom. The summed E-state index contributed by atoms with van der Waals surface area (Å²) in [6.07, 6.45) is 1.47. The second-order valence-electron chi connectivity index (χ2n) is 5.44. The summed E-state index contributed by atoms with van der Waals surface area (Å²) in [5, 5.41) is 14.9. The fraction of sp³-hybridized carbons (Fsp3) is 0.412. The van der Waals surface area contributed by atoms with E-state index in [-0.39, 0.29) is 17.5 Å². The lowest BCUT2D eigenvalue weighted by atomic mass is 10.1. The minimum Gasteiger partial charge on any atom is -0.497 e. The van der Waals surface area contributed by atoms with E-state index in [2.05, 4.69) is 24.5 Å². The van der Waals surface area contributed by atoms with Crippen LogP contribution in [-0.2, 0) is 4.79 Å². The van der Waals surface area contributed by atoms with E-state index in [0.717, 1.165) is 11.3 Å². The number of hydrogen-bond acceptors (Lipinski definition) is 4. The molecule has 118 valence electrons. The van der Waals surface area contributed by atoms with Crippen molar-refractivity contribution in [1.82, 2.24) is 10.6 Å². The quantitative estimate of drug-likeness (QED) is 0.599. The van der Waals surface area contributed by atoms with Gasteiger partial charge in [-0.25, -0.2) is 0 Å². The number of hydrogen-bond donors (Lipinski definition) is 2. The van der Waals surface area contributed by atoms with Gasteiger partial charge in [0.25, 0.3) is 5.91 Å². The summed E-state index contributed by atoms with van der Waals surface area (Å²) in [5.74, 6) is 0.817. The lowest BCUT2D eigenvalue weighted by Gasteiger charge is -2.14. The molecule has 22 heavy (non-hydrogen) atoms.